The molecule has 0 bridgehead atoms. The molecule has 4 N–H and O–H groups in total. The van der Waals surface area contributed by atoms with Crippen molar-refractivity contribution in [1.29, 1.82) is 0 Å². The van der Waals surface area contributed by atoms with Crippen LogP contribution in [-0.4, -0.2) is 88.4 Å². The third-order valence-corrected chi connectivity index (χ3v) is 12.5. The Labute approximate surface area is 378 Å². The largest absolute Gasteiger partial charge is 0.479 e. The summed E-state index contributed by atoms with van der Waals surface area (Å²) >= 11 is 0. The number of hydrogen-bond acceptors (Lipinski definition) is 10. The molecule has 11 nitrogen and oxygen atoms in total. The summed E-state index contributed by atoms with van der Waals surface area (Å²) in [5.74, 6) is -2.42. The first-order chi connectivity index (χ1) is 30.2. The van der Waals surface area contributed by atoms with Gasteiger partial charge in [0.25, 0.3) is 0 Å². The van der Waals surface area contributed by atoms with E-state index in [9.17, 15) is 34.8 Å². The van der Waals surface area contributed by atoms with Gasteiger partial charge in [-0.3, -0.25) is 9.59 Å². The fourth-order valence-electron chi connectivity index (χ4n) is 8.35. The minimum Gasteiger partial charge on any atom is -0.479 e. The highest BCUT2D eigenvalue weighted by atomic mass is 16.7. The van der Waals surface area contributed by atoms with Gasteiger partial charge < -0.3 is 39.4 Å². The second kappa shape index (κ2) is 41.9. The Kier molecular flexibility index (Phi) is 39.3. The molecule has 0 aromatic heterocycles. The van der Waals surface area contributed by atoms with Crippen LogP contribution in [0.15, 0.2) is 0 Å². The topological polar surface area (TPSA) is 169 Å². The SMILES string of the molecule is CCCCCCCCCCCCCCCCCCCCCCCC(=O)OCC(COC1OC(C(=O)O)C(O)C(O)C1O)OC(=O)CCCCCCCCCCCCCCCCC. The number of aliphatic carboxylic acids is 1. The van der Waals surface area contributed by atoms with Crippen LogP contribution in [0.5, 0.6) is 0 Å². The molecule has 0 spiro atoms. The number of aliphatic hydroxyl groups excluding tert-OH is 3. The molecule has 0 radical (unpaired) electrons. The Balaban J connectivity index is 2.26. The highest BCUT2D eigenvalue weighted by molar-refractivity contribution is 5.73. The summed E-state index contributed by atoms with van der Waals surface area (Å²) in [4.78, 5) is 37.0. The monoisotopic (exact) mass is 885 g/mol. The molecule has 11 heteroatoms. The van der Waals surface area contributed by atoms with E-state index in [0.717, 1.165) is 38.5 Å². The average Bonchev–Trinajstić information content (AvgIpc) is 3.26. The van der Waals surface area contributed by atoms with Gasteiger partial charge in [-0.05, 0) is 12.8 Å². The number of esters is 2. The van der Waals surface area contributed by atoms with Gasteiger partial charge in [0.15, 0.2) is 18.5 Å². The smallest absolute Gasteiger partial charge is 0.335 e. The van der Waals surface area contributed by atoms with Crippen LogP contribution in [0.3, 0.4) is 0 Å². The summed E-state index contributed by atoms with van der Waals surface area (Å²) in [5, 5.41) is 39.9. The lowest BCUT2D eigenvalue weighted by molar-refractivity contribution is -0.298. The zero-order valence-corrected chi connectivity index (χ0v) is 39.9. The van der Waals surface area contributed by atoms with E-state index in [1.807, 2.05) is 0 Å². The van der Waals surface area contributed by atoms with Crippen LogP contribution in [0.4, 0.5) is 0 Å². The molecule has 6 unspecified atom stereocenters. The maximum Gasteiger partial charge on any atom is 0.335 e. The normalized spacial score (nSPS) is 19.4. The highest BCUT2D eigenvalue weighted by Gasteiger charge is 2.47. The van der Waals surface area contributed by atoms with Crippen LogP contribution >= 0.6 is 0 Å². The molecular weight excluding hydrogens is 789 g/mol. The molecule has 1 rings (SSSR count). The van der Waals surface area contributed by atoms with E-state index in [-0.39, 0.29) is 26.1 Å². The molecule has 0 amide bonds. The number of carbonyl (C=O) groups excluding carboxylic acids is 2. The minimum absolute atomic E-state index is 0.191. The lowest BCUT2D eigenvalue weighted by Crippen LogP contribution is -2.60. The van der Waals surface area contributed by atoms with Crippen molar-refractivity contribution in [3.8, 4) is 0 Å². The van der Waals surface area contributed by atoms with Crippen LogP contribution in [-0.2, 0) is 33.3 Å². The molecule has 0 aliphatic carbocycles. The summed E-state index contributed by atoms with van der Waals surface area (Å²) in [6.45, 7) is 3.86. The summed E-state index contributed by atoms with van der Waals surface area (Å²) in [6.07, 6.45) is 35.8. The Morgan fingerprint density at radius 3 is 1.10 bits per heavy atom. The zero-order chi connectivity index (χ0) is 45.3. The molecule has 366 valence electrons. The first-order valence-corrected chi connectivity index (χ1v) is 26.1. The van der Waals surface area contributed by atoms with Crippen molar-refractivity contribution in [2.75, 3.05) is 13.2 Å². The van der Waals surface area contributed by atoms with Crippen molar-refractivity contribution in [1.82, 2.24) is 0 Å². The van der Waals surface area contributed by atoms with Gasteiger partial charge >= 0.3 is 17.9 Å². The molecule has 1 aliphatic heterocycles. The number of unbranched alkanes of at least 4 members (excludes halogenated alkanes) is 34. The predicted molar refractivity (Wildman–Crippen MR) is 248 cm³/mol. The van der Waals surface area contributed by atoms with Crippen molar-refractivity contribution < 1.29 is 53.8 Å². The molecule has 0 aromatic carbocycles. The molecule has 0 aromatic rings. The molecule has 1 aliphatic rings. The molecule has 6 atom stereocenters. The first-order valence-electron chi connectivity index (χ1n) is 26.1. The summed E-state index contributed by atoms with van der Waals surface area (Å²) in [5.41, 5.74) is 0. The van der Waals surface area contributed by atoms with Gasteiger partial charge in [-0.2, -0.15) is 0 Å². The van der Waals surface area contributed by atoms with E-state index in [1.165, 1.54) is 180 Å². The first kappa shape index (κ1) is 58.2. The van der Waals surface area contributed by atoms with Crippen LogP contribution in [0, 0.1) is 0 Å². The highest BCUT2D eigenvalue weighted by Crippen LogP contribution is 2.23. The van der Waals surface area contributed by atoms with Gasteiger partial charge in [0.1, 0.15) is 24.9 Å². The van der Waals surface area contributed by atoms with Crippen molar-refractivity contribution in [2.45, 2.75) is 295 Å². The third kappa shape index (κ3) is 32.8. The van der Waals surface area contributed by atoms with Crippen LogP contribution in [0.2, 0.25) is 0 Å². The van der Waals surface area contributed by atoms with Crippen LogP contribution in [0.25, 0.3) is 0 Å². The van der Waals surface area contributed by atoms with E-state index in [1.54, 1.807) is 0 Å². The van der Waals surface area contributed by atoms with Crippen molar-refractivity contribution in [2.24, 2.45) is 0 Å². The van der Waals surface area contributed by atoms with Crippen molar-refractivity contribution in [3.05, 3.63) is 0 Å². The van der Waals surface area contributed by atoms with Gasteiger partial charge in [0, 0.05) is 12.8 Å². The minimum atomic E-state index is -1.86. The number of aliphatic hydroxyl groups is 3. The fraction of sp³-hybridized carbons (Fsp3) is 0.941. The van der Waals surface area contributed by atoms with E-state index < -0.39 is 54.7 Å². The van der Waals surface area contributed by atoms with Gasteiger partial charge in [-0.1, -0.05) is 232 Å². The van der Waals surface area contributed by atoms with Crippen molar-refractivity contribution >= 4 is 17.9 Å². The Morgan fingerprint density at radius 2 is 0.758 bits per heavy atom. The second-order valence-electron chi connectivity index (χ2n) is 18.4. The fourth-order valence-corrected chi connectivity index (χ4v) is 8.35. The van der Waals surface area contributed by atoms with E-state index in [2.05, 4.69) is 13.8 Å². The Morgan fingerprint density at radius 1 is 0.435 bits per heavy atom. The number of carboxylic acids is 1. The summed E-state index contributed by atoms with van der Waals surface area (Å²) in [6, 6.07) is 0. The third-order valence-electron chi connectivity index (χ3n) is 12.5. The number of rotatable bonds is 45. The predicted octanol–water partition coefficient (Wildman–Crippen LogP) is 12.2. The summed E-state index contributed by atoms with van der Waals surface area (Å²) in [7, 11) is 0. The number of hydrogen-bond donors (Lipinski definition) is 4. The van der Waals surface area contributed by atoms with Gasteiger partial charge in [-0.15, -0.1) is 0 Å². The van der Waals surface area contributed by atoms with Crippen LogP contribution in [0.1, 0.15) is 258 Å². The number of carboxylic acid groups (broad SMARTS) is 1. The van der Waals surface area contributed by atoms with Crippen molar-refractivity contribution in [3.63, 3.8) is 0 Å². The lowest BCUT2D eigenvalue weighted by atomic mass is 9.99. The maximum absolute atomic E-state index is 12.8. The Hall–Kier alpha value is -1.79. The standard InChI is InChI=1S/C51H96O11/c1-3-5-7-9-11-13-15-17-19-20-21-22-23-24-26-27-29-31-33-35-37-39-44(52)59-41-43(42-60-51-48(56)46(54)47(55)49(62-51)50(57)58)61-45(53)40-38-36-34-32-30-28-25-18-16-14-12-10-8-6-4-2/h43,46-49,51,54-56H,3-42H2,1-2H3,(H,57,58). The zero-order valence-electron chi connectivity index (χ0n) is 39.9. The molecular formula is C51H96O11. The van der Waals surface area contributed by atoms with E-state index >= 15 is 0 Å². The molecule has 62 heavy (non-hydrogen) atoms. The molecule has 1 saturated heterocycles. The van der Waals surface area contributed by atoms with Gasteiger partial charge in [0.05, 0.1) is 6.61 Å². The lowest BCUT2D eigenvalue weighted by Gasteiger charge is -2.38. The second-order valence-corrected chi connectivity index (χ2v) is 18.4. The number of carbonyl (C=O) groups is 3. The van der Waals surface area contributed by atoms with Gasteiger partial charge in [-0.25, -0.2) is 4.79 Å². The maximum atomic E-state index is 12.8. The summed E-state index contributed by atoms with van der Waals surface area (Å²) < 4.78 is 21.8. The Bertz CT molecular complexity index is 1040. The molecule has 1 fully saturated rings. The van der Waals surface area contributed by atoms with E-state index in [4.69, 9.17) is 18.9 Å². The van der Waals surface area contributed by atoms with Crippen LogP contribution < -0.4 is 0 Å². The van der Waals surface area contributed by atoms with E-state index in [0.29, 0.717) is 12.8 Å². The molecule has 1 heterocycles. The average molecular weight is 885 g/mol. The number of ether oxygens (including phenoxy) is 4. The molecule has 0 saturated carbocycles. The van der Waals surface area contributed by atoms with Gasteiger partial charge in [0.2, 0.25) is 0 Å². The quantitative estimate of drug-likeness (QED) is 0.0339.